The number of benzene rings is 3. The fraction of sp³-hybridized carbons (Fsp3) is 0.133. The summed E-state index contributed by atoms with van der Waals surface area (Å²) in [4.78, 5) is 17.1. The second-order valence-electron chi connectivity index (χ2n) is 9.43. The van der Waals surface area contributed by atoms with Gasteiger partial charge < -0.3 is 5.32 Å². The molecule has 204 valence electrons. The molecule has 1 amide bonds. The molecule has 6 nitrogen and oxygen atoms in total. The van der Waals surface area contributed by atoms with E-state index in [1.165, 1.54) is 18.4 Å². The highest BCUT2D eigenvalue weighted by atomic mass is 32.2. The van der Waals surface area contributed by atoms with E-state index in [0.717, 1.165) is 45.7 Å². The Morgan fingerprint density at radius 1 is 0.875 bits per heavy atom. The van der Waals surface area contributed by atoms with Gasteiger partial charge in [-0.05, 0) is 52.6 Å². The number of nitrogens with one attached hydrogen (secondary N) is 1. The van der Waals surface area contributed by atoms with Gasteiger partial charge in [0.25, 0.3) is 0 Å². The summed E-state index contributed by atoms with van der Waals surface area (Å²) in [5, 5.41) is 2.75. The van der Waals surface area contributed by atoms with E-state index < -0.39 is 21.6 Å². The number of imidazole rings is 1. The molecule has 0 spiro atoms. The minimum atomic E-state index is -4.45. The van der Waals surface area contributed by atoms with Crippen LogP contribution in [-0.4, -0.2) is 30.0 Å². The van der Waals surface area contributed by atoms with Gasteiger partial charge in [-0.25, -0.2) is 13.4 Å². The summed E-state index contributed by atoms with van der Waals surface area (Å²) >= 11 is 0. The van der Waals surface area contributed by atoms with Gasteiger partial charge in [-0.15, -0.1) is 0 Å². The highest BCUT2D eigenvalue weighted by Gasteiger charge is 2.30. The van der Waals surface area contributed by atoms with E-state index in [-0.39, 0.29) is 23.8 Å². The first-order chi connectivity index (χ1) is 19.0. The Kier molecular flexibility index (Phi) is 7.20. The molecule has 2 heterocycles. The maximum absolute atomic E-state index is 12.9. The van der Waals surface area contributed by atoms with Crippen LogP contribution in [0.15, 0.2) is 102 Å². The fourth-order valence-electron chi connectivity index (χ4n) is 4.37. The monoisotopic (exact) mass is 563 g/mol. The first-order valence-corrected chi connectivity index (χ1v) is 14.2. The second-order valence-corrected chi connectivity index (χ2v) is 11.4. The summed E-state index contributed by atoms with van der Waals surface area (Å²) in [7, 11) is -3.27. The Bertz CT molecular complexity index is 1790. The number of pyridine rings is 1. The van der Waals surface area contributed by atoms with Crippen molar-refractivity contribution in [3.8, 4) is 22.4 Å². The van der Waals surface area contributed by atoms with E-state index in [4.69, 9.17) is 0 Å². The number of nitrogens with zero attached hydrogens (tertiary/aromatic N) is 2. The third kappa shape index (κ3) is 6.07. The van der Waals surface area contributed by atoms with Crippen LogP contribution < -0.4 is 5.32 Å². The molecule has 0 unspecified atom stereocenters. The van der Waals surface area contributed by atoms with Crippen LogP contribution in [0.25, 0.3) is 28.0 Å². The van der Waals surface area contributed by atoms with Gasteiger partial charge in [0.05, 0.1) is 28.8 Å². The highest BCUT2D eigenvalue weighted by Crippen LogP contribution is 2.30. The van der Waals surface area contributed by atoms with Gasteiger partial charge in [0, 0.05) is 24.6 Å². The van der Waals surface area contributed by atoms with Crippen LogP contribution >= 0.6 is 0 Å². The zero-order chi connectivity index (χ0) is 28.5. The molecule has 0 bridgehead atoms. The number of amides is 1. The van der Waals surface area contributed by atoms with Gasteiger partial charge in [-0.1, -0.05) is 54.6 Å². The summed E-state index contributed by atoms with van der Waals surface area (Å²) in [5.41, 5.74) is 4.65. The standard InChI is InChI=1S/C30H24F3N3O3S/c1-40(38,39)26-11-9-22(10-12-26)24-13-14-36-27(19-34-28(36)17-24)23-7-5-20(6-8-23)18-35-29(37)16-21-3-2-4-25(15-21)30(31,32)33/h2-15,17,19H,16,18H2,1H3,(H,35,37). The van der Waals surface area contributed by atoms with Crippen molar-refractivity contribution in [1.82, 2.24) is 14.7 Å². The van der Waals surface area contributed by atoms with Gasteiger partial charge >= 0.3 is 6.18 Å². The lowest BCUT2D eigenvalue weighted by Gasteiger charge is -2.10. The van der Waals surface area contributed by atoms with Gasteiger partial charge in [0.1, 0.15) is 5.65 Å². The van der Waals surface area contributed by atoms with Gasteiger partial charge in [0.2, 0.25) is 5.91 Å². The van der Waals surface area contributed by atoms with E-state index >= 15 is 0 Å². The van der Waals surface area contributed by atoms with E-state index in [9.17, 15) is 26.4 Å². The first kappa shape index (κ1) is 27.1. The molecule has 1 N–H and O–H groups in total. The molecule has 0 saturated carbocycles. The van der Waals surface area contributed by atoms with Crippen LogP contribution in [0.2, 0.25) is 0 Å². The lowest BCUT2D eigenvalue weighted by Crippen LogP contribution is -2.24. The molecule has 0 saturated heterocycles. The topological polar surface area (TPSA) is 80.5 Å². The number of hydrogen-bond acceptors (Lipinski definition) is 4. The molecule has 5 rings (SSSR count). The molecule has 0 aliphatic rings. The van der Waals surface area contributed by atoms with Crippen molar-refractivity contribution in [2.24, 2.45) is 0 Å². The van der Waals surface area contributed by atoms with Crippen molar-refractivity contribution in [2.75, 3.05) is 6.26 Å². The van der Waals surface area contributed by atoms with Crippen LogP contribution in [0.3, 0.4) is 0 Å². The molecule has 5 aromatic rings. The average Bonchev–Trinajstić information content (AvgIpc) is 3.35. The summed E-state index contributed by atoms with van der Waals surface area (Å²) in [5.74, 6) is -0.369. The number of aromatic nitrogens is 2. The maximum Gasteiger partial charge on any atom is 0.416 e. The summed E-state index contributed by atoms with van der Waals surface area (Å²) in [6.45, 7) is 0.243. The number of sulfone groups is 1. The lowest BCUT2D eigenvalue weighted by atomic mass is 10.1. The molecule has 0 fully saturated rings. The Balaban J connectivity index is 1.24. The number of carbonyl (C=O) groups excluding carboxylic acids is 1. The number of fused-ring (bicyclic) bond motifs is 1. The van der Waals surface area contributed by atoms with E-state index in [0.29, 0.717) is 5.56 Å². The van der Waals surface area contributed by atoms with Crippen molar-refractivity contribution in [3.63, 3.8) is 0 Å². The molecule has 2 aromatic heterocycles. The van der Waals surface area contributed by atoms with Crippen LogP contribution in [0.4, 0.5) is 13.2 Å². The van der Waals surface area contributed by atoms with Crippen molar-refractivity contribution in [2.45, 2.75) is 24.0 Å². The van der Waals surface area contributed by atoms with Crippen molar-refractivity contribution >= 4 is 21.4 Å². The number of carbonyl (C=O) groups is 1. The Labute approximate surface area is 229 Å². The number of hydrogen-bond donors (Lipinski definition) is 1. The van der Waals surface area contributed by atoms with Crippen LogP contribution in [0, 0.1) is 0 Å². The molecular formula is C30H24F3N3O3S. The molecule has 40 heavy (non-hydrogen) atoms. The zero-order valence-corrected chi connectivity index (χ0v) is 22.1. The molecule has 0 radical (unpaired) electrons. The minimum Gasteiger partial charge on any atom is -0.352 e. The fourth-order valence-corrected chi connectivity index (χ4v) is 5.00. The Morgan fingerprint density at radius 3 is 2.25 bits per heavy atom. The SMILES string of the molecule is CS(=O)(=O)c1ccc(-c2ccn3c(-c4ccc(CNC(=O)Cc5cccc(C(F)(F)F)c5)cc4)cnc3c2)cc1. The number of halogens is 3. The second kappa shape index (κ2) is 10.6. The third-order valence-electron chi connectivity index (χ3n) is 6.49. The average molecular weight is 564 g/mol. The molecule has 3 aromatic carbocycles. The summed E-state index contributed by atoms with van der Waals surface area (Å²) in [6.07, 6.45) is 0.240. The molecule has 0 aliphatic heterocycles. The highest BCUT2D eigenvalue weighted by molar-refractivity contribution is 7.90. The molecule has 10 heteroatoms. The van der Waals surface area contributed by atoms with E-state index in [2.05, 4.69) is 10.3 Å². The lowest BCUT2D eigenvalue weighted by molar-refractivity contribution is -0.137. The number of alkyl halides is 3. The van der Waals surface area contributed by atoms with Crippen molar-refractivity contribution in [3.05, 3.63) is 114 Å². The number of rotatable bonds is 7. The van der Waals surface area contributed by atoms with Gasteiger partial charge in [-0.2, -0.15) is 13.2 Å². The zero-order valence-electron chi connectivity index (χ0n) is 21.3. The van der Waals surface area contributed by atoms with Crippen LogP contribution in [0.5, 0.6) is 0 Å². The van der Waals surface area contributed by atoms with Gasteiger partial charge in [-0.3, -0.25) is 9.20 Å². The van der Waals surface area contributed by atoms with Crippen molar-refractivity contribution < 1.29 is 26.4 Å². The third-order valence-corrected chi connectivity index (χ3v) is 7.62. The quantitative estimate of drug-likeness (QED) is 0.265. The van der Waals surface area contributed by atoms with Crippen molar-refractivity contribution in [1.29, 1.82) is 0 Å². The minimum absolute atomic E-state index is 0.145. The van der Waals surface area contributed by atoms with Crippen LogP contribution in [0.1, 0.15) is 16.7 Å². The Hall–Kier alpha value is -4.44. The smallest absolute Gasteiger partial charge is 0.352 e. The van der Waals surface area contributed by atoms with Crippen LogP contribution in [-0.2, 0) is 33.8 Å². The summed E-state index contributed by atoms with van der Waals surface area (Å²) in [6, 6.07) is 22.9. The molecule has 0 aliphatic carbocycles. The van der Waals surface area contributed by atoms with E-state index in [1.54, 1.807) is 30.5 Å². The largest absolute Gasteiger partial charge is 0.416 e. The van der Waals surface area contributed by atoms with E-state index in [1.807, 2.05) is 47.0 Å². The predicted molar refractivity (Wildman–Crippen MR) is 146 cm³/mol. The van der Waals surface area contributed by atoms with Gasteiger partial charge in [0.15, 0.2) is 9.84 Å². The first-order valence-electron chi connectivity index (χ1n) is 12.3. The predicted octanol–water partition coefficient (Wildman–Crippen LogP) is 5.95. The summed E-state index contributed by atoms with van der Waals surface area (Å²) < 4.78 is 64.1. The normalized spacial score (nSPS) is 12.0. The Morgan fingerprint density at radius 2 is 1.57 bits per heavy atom. The molecular weight excluding hydrogens is 539 g/mol. The maximum atomic E-state index is 12.9. The molecule has 0 atom stereocenters.